The van der Waals surface area contributed by atoms with Crippen LogP contribution in [0.5, 0.6) is 0 Å². The summed E-state index contributed by atoms with van der Waals surface area (Å²) in [7, 11) is 5.29. The Bertz CT molecular complexity index is 800. The number of hydrogen-bond acceptors (Lipinski definition) is 2. The van der Waals surface area contributed by atoms with E-state index in [1.165, 1.54) is 5.56 Å². The molecule has 2 heterocycles. The number of nitrogens with zero attached hydrogens (tertiary/aromatic N) is 3. The molecule has 1 amide bonds. The molecule has 0 saturated carbocycles. The monoisotopic (exact) mass is 296 g/mol. The van der Waals surface area contributed by atoms with Gasteiger partial charge in [-0.3, -0.25) is 14.7 Å². The van der Waals surface area contributed by atoms with Gasteiger partial charge in [0.2, 0.25) is 5.96 Å². The van der Waals surface area contributed by atoms with E-state index in [0.29, 0.717) is 11.7 Å². The number of fused-ring (bicyclic) bond motifs is 1. The van der Waals surface area contributed by atoms with Crippen LogP contribution in [0, 0.1) is 0 Å². The van der Waals surface area contributed by atoms with Gasteiger partial charge in [0.1, 0.15) is 5.70 Å². The maximum absolute atomic E-state index is 12.4. The number of carbonyl (C=O) groups excluding carboxylic acids is 1. The van der Waals surface area contributed by atoms with Gasteiger partial charge in [0.05, 0.1) is 0 Å². The van der Waals surface area contributed by atoms with E-state index >= 15 is 0 Å². The summed E-state index contributed by atoms with van der Waals surface area (Å²) in [6, 6.07) is 6.39. The van der Waals surface area contributed by atoms with Crippen molar-refractivity contribution in [1.82, 2.24) is 14.8 Å². The van der Waals surface area contributed by atoms with Crippen LogP contribution in [0.15, 0.2) is 35.1 Å². The lowest BCUT2D eigenvalue weighted by Crippen LogP contribution is -2.29. The van der Waals surface area contributed by atoms with Gasteiger partial charge in [0, 0.05) is 43.8 Å². The van der Waals surface area contributed by atoms with Crippen molar-refractivity contribution in [3.8, 4) is 0 Å². The van der Waals surface area contributed by atoms with Gasteiger partial charge in [-0.05, 0) is 24.1 Å². The number of likely N-dealkylation sites (N-methyl/N-ethyl adjacent to an activating group) is 2. The normalized spacial score (nSPS) is 19.2. The molecular weight excluding hydrogens is 276 g/mol. The van der Waals surface area contributed by atoms with Gasteiger partial charge in [0.15, 0.2) is 0 Å². The zero-order valence-electron chi connectivity index (χ0n) is 13.3. The third kappa shape index (κ3) is 2.09. The first kappa shape index (κ1) is 14.4. The maximum atomic E-state index is 12.4. The van der Waals surface area contributed by atoms with Crippen molar-refractivity contribution in [2.24, 2.45) is 4.99 Å². The van der Waals surface area contributed by atoms with Crippen molar-refractivity contribution in [2.75, 3.05) is 21.1 Å². The number of aliphatic imine (C=N–C) groups is 1. The highest BCUT2D eigenvalue weighted by Gasteiger charge is 2.33. The quantitative estimate of drug-likeness (QED) is 0.866. The Hall–Kier alpha value is -2.56. The zero-order valence-corrected chi connectivity index (χ0v) is 13.3. The Balaban J connectivity index is 2.07. The summed E-state index contributed by atoms with van der Waals surface area (Å²) in [5, 5.41) is 1.12. The molecule has 1 aliphatic rings. The predicted molar refractivity (Wildman–Crippen MR) is 89.5 cm³/mol. The summed E-state index contributed by atoms with van der Waals surface area (Å²) < 4.78 is 0. The third-order valence-electron chi connectivity index (χ3n) is 4.16. The van der Waals surface area contributed by atoms with Crippen LogP contribution < -0.4 is 0 Å². The van der Waals surface area contributed by atoms with Crippen molar-refractivity contribution >= 4 is 28.8 Å². The van der Waals surface area contributed by atoms with E-state index in [1.807, 2.05) is 24.2 Å². The number of rotatable bonds is 2. The highest BCUT2D eigenvalue weighted by atomic mass is 16.2. The van der Waals surface area contributed by atoms with Crippen LogP contribution in [0.25, 0.3) is 17.0 Å². The molecule has 0 spiro atoms. The SMILES string of the molecule is CCc1ccc2c(C=C3C(=O)N(C)C(=NC)N3C)c[nH]c2c1. The molecule has 2 aromatic rings. The fraction of sp³-hybridized carbons (Fsp3) is 0.294. The first-order valence-corrected chi connectivity index (χ1v) is 7.37. The lowest BCUT2D eigenvalue weighted by Gasteiger charge is -2.12. The van der Waals surface area contributed by atoms with Crippen molar-refractivity contribution < 1.29 is 4.79 Å². The lowest BCUT2D eigenvalue weighted by molar-refractivity contribution is -0.121. The zero-order chi connectivity index (χ0) is 15.9. The summed E-state index contributed by atoms with van der Waals surface area (Å²) >= 11 is 0. The summed E-state index contributed by atoms with van der Waals surface area (Å²) in [6.45, 7) is 2.14. The second-order valence-electron chi connectivity index (χ2n) is 5.45. The predicted octanol–water partition coefficient (Wildman–Crippen LogP) is 2.46. The van der Waals surface area contributed by atoms with Crippen LogP contribution in [0.3, 0.4) is 0 Å². The number of hydrogen-bond donors (Lipinski definition) is 1. The van der Waals surface area contributed by atoms with Gasteiger partial charge in [-0.15, -0.1) is 0 Å². The molecule has 3 rings (SSSR count). The van der Waals surface area contributed by atoms with E-state index in [0.717, 1.165) is 22.9 Å². The number of benzene rings is 1. The Kier molecular flexibility index (Phi) is 3.48. The van der Waals surface area contributed by atoms with E-state index in [9.17, 15) is 4.79 Å². The van der Waals surface area contributed by atoms with Gasteiger partial charge >= 0.3 is 0 Å². The van der Waals surface area contributed by atoms with Gasteiger partial charge < -0.3 is 9.88 Å². The second-order valence-corrected chi connectivity index (χ2v) is 5.45. The summed E-state index contributed by atoms with van der Waals surface area (Å²) in [5.74, 6) is 0.618. The molecule has 1 saturated heterocycles. The van der Waals surface area contributed by atoms with E-state index < -0.39 is 0 Å². The molecule has 0 radical (unpaired) electrons. The number of aryl methyl sites for hydroxylation is 1. The molecule has 1 aromatic carbocycles. The third-order valence-corrected chi connectivity index (χ3v) is 4.16. The topological polar surface area (TPSA) is 51.7 Å². The number of aromatic nitrogens is 1. The fourth-order valence-electron chi connectivity index (χ4n) is 2.88. The van der Waals surface area contributed by atoms with Gasteiger partial charge in [-0.1, -0.05) is 19.1 Å². The molecular formula is C17H20N4O. The Labute approximate surface area is 129 Å². The first-order chi connectivity index (χ1) is 10.6. The first-order valence-electron chi connectivity index (χ1n) is 7.37. The summed E-state index contributed by atoms with van der Waals surface area (Å²) in [5.41, 5.74) is 4.03. The van der Waals surface area contributed by atoms with Crippen LogP contribution in [-0.2, 0) is 11.2 Å². The molecule has 1 aliphatic heterocycles. The molecule has 1 aromatic heterocycles. The maximum Gasteiger partial charge on any atom is 0.277 e. The minimum Gasteiger partial charge on any atom is -0.361 e. The minimum atomic E-state index is -0.0392. The number of H-pyrrole nitrogens is 1. The average molecular weight is 296 g/mol. The second kappa shape index (κ2) is 5.33. The smallest absolute Gasteiger partial charge is 0.277 e. The molecule has 114 valence electrons. The van der Waals surface area contributed by atoms with Gasteiger partial charge in [0.25, 0.3) is 5.91 Å². The number of carbonyl (C=O) groups is 1. The van der Waals surface area contributed by atoms with E-state index in [4.69, 9.17) is 0 Å². The van der Waals surface area contributed by atoms with Crippen LogP contribution in [-0.4, -0.2) is 47.8 Å². The highest BCUT2D eigenvalue weighted by molar-refractivity contribution is 6.15. The molecule has 0 aliphatic carbocycles. The Morgan fingerprint density at radius 3 is 2.68 bits per heavy atom. The van der Waals surface area contributed by atoms with Gasteiger partial charge in [-0.2, -0.15) is 0 Å². The van der Waals surface area contributed by atoms with Crippen LogP contribution in [0.2, 0.25) is 0 Å². The fourth-order valence-corrected chi connectivity index (χ4v) is 2.88. The lowest BCUT2D eigenvalue weighted by atomic mass is 10.1. The minimum absolute atomic E-state index is 0.0392. The van der Waals surface area contributed by atoms with Crippen LogP contribution in [0.1, 0.15) is 18.1 Å². The van der Waals surface area contributed by atoms with Crippen molar-refractivity contribution in [3.63, 3.8) is 0 Å². The van der Waals surface area contributed by atoms with Crippen molar-refractivity contribution in [3.05, 3.63) is 41.2 Å². The highest BCUT2D eigenvalue weighted by Crippen LogP contribution is 2.25. The standard InChI is InChI=1S/C17H20N4O/c1-5-11-6-7-13-12(10-19-14(13)8-11)9-15-16(22)21(4)17(18-2)20(15)3/h6-10,19H,5H2,1-4H3. The molecule has 5 nitrogen and oxygen atoms in total. The van der Waals surface area contributed by atoms with Crippen LogP contribution >= 0.6 is 0 Å². The largest absolute Gasteiger partial charge is 0.361 e. The van der Waals surface area contributed by atoms with Crippen molar-refractivity contribution in [2.45, 2.75) is 13.3 Å². The number of aromatic amines is 1. The average Bonchev–Trinajstić information content (AvgIpc) is 3.02. The summed E-state index contributed by atoms with van der Waals surface area (Å²) in [4.78, 5) is 23.2. The molecule has 1 fully saturated rings. The van der Waals surface area contributed by atoms with E-state index in [-0.39, 0.29) is 5.91 Å². The number of nitrogens with one attached hydrogen (secondary N) is 1. The Morgan fingerprint density at radius 2 is 2.05 bits per heavy atom. The molecule has 0 bridgehead atoms. The summed E-state index contributed by atoms with van der Waals surface area (Å²) in [6.07, 6.45) is 4.87. The molecule has 0 atom stereocenters. The Morgan fingerprint density at radius 1 is 1.27 bits per heavy atom. The number of guanidine groups is 1. The molecule has 0 unspecified atom stereocenters. The van der Waals surface area contributed by atoms with Crippen LogP contribution in [0.4, 0.5) is 0 Å². The van der Waals surface area contributed by atoms with Crippen molar-refractivity contribution in [1.29, 1.82) is 0 Å². The van der Waals surface area contributed by atoms with Gasteiger partial charge in [-0.25, -0.2) is 0 Å². The number of amides is 1. The molecule has 1 N–H and O–H groups in total. The molecule has 22 heavy (non-hydrogen) atoms. The van der Waals surface area contributed by atoms with E-state index in [2.05, 4.69) is 35.1 Å². The van der Waals surface area contributed by atoms with E-state index in [1.54, 1.807) is 19.0 Å². The molecule has 5 heteroatoms.